The van der Waals surface area contributed by atoms with Crippen LogP contribution in [0, 0.1) is 6.92 Å². The Labute approximate surface area is 135 Å². The highest BCUT2D eigenvalue weighted by atomic mass is 32.2. The van der Waals surface area contributed by atoms with Crippen molar-refractivity contribution in [2.75, 3.05) is 0 Å². The number of ketones is 1. The van der Waals surface area contributed by atoms with Crippen LogP contribution in [0.25, 0.3) is 0 Å². The highest BCUT2D eigenvalue weighted by Gasteiger charge is 2.30. The minimum Gasteiger partial charge on any atom is -0.306 e. The van der Waals surface area contributed by atoms with Crippen LogP contribution in [0.2, 0.25) is 0 Å². The third kappa shape index (κ3) is 3.09. The largest absolute Gasteiger partial charge is 0.306 e. The Bertz CT molecular complexity index is 674. The summed E-state index contributed by atoms with van der Waals surface area (Å²) in [5.74, 6) is 1.80. The molecule has 1 fully saturated rings. The number of carbonyl (C=O) groups is 1. The fraction of sp³-hybridized carbons (Fsp3) is 0.471. The predicted molar refractivity (Wildman–Crippen MR) is 88.5 cm³/mol. The third-order valence-corrected chi connectivity index (χ3v) is 5.07. The van der Waals surface area contributed by atoms with Gasteiger partial charge in [0.2, 0.25) is 0 Å². The van der Waals surface area contributed by atoms with E-state index in [0.29, 0.717) is 5.92 Å². The molecule has 0 bridgehead atoms. The molecule has 1 aromatic heterocycles. The quantitative estimate of drug-likeness (QED) is 0.600. The molecule has 3 rings (SSSR count). The average molecular weight is 315 g/mol. The molecule has 116 valence electrons. The van der Waals surface area contributed by atoms with E-state index in [4.69, 9.17) is 0 Å². The molecule has 5 heteroatoms. The smallest absolute Gasteiger partial charge is 0.191 e. The summed E-state index contributed by atoms with van der Waals surface area (Å²) in [6.07, 6.45) is 2.42. The molecule has 0 radical (unpaired) electrons. The number of hydrogen-bond acceptors (Lipinski definition) is 4. The fourth-order valence-corrected chi connectivity index (χ4v) is 3.49. The van der Waals surface area contributed by atoms with Gasteiger partial charge in [0.15, 0.2) is 10.9 Å². The number of carbonyl (C=O) groups excluding carboxylic acids is 1. The second-order valence-electron chi connectivity index (χ2n) is 5.85. The van der Waals surface area contributed by atoms with Crippen LogP contribution in [0.15, 0.2) is 29.4 Å². The number of benzene rings is 1. The minimum absolute atomic E-state index is 0.142. The highest BCUT2D eigenvalue weighted by molar-refractivity contribution is 8.00. The summed E-state index contributed by atoms with van der Waals surface area (Å²) in [4.78, 5) is 12.5. The van der Waals surface area contributed by atoms with Crippen molar-refractivity contribution in [2.45, 2.75) is 56.5 Å². The van der Waals surface area contributed by atoms with Crippen LogP contribution >= 0.6 is 11.8 Å². The molecule has 0 saturated heterocycles. The minimum atomic E-state index is -0.163. The van der Waals surface area contributed by atoms with Crippen molar-refractivity contribution in [3.63, 3.8) is 0 Å². The maximum Gasteiger partial charge on any atom is 0.191 e. The van der Waals surface area contributed by atoms with Crippen LogP contribution in [0.5, 0.6) is 0 Å². The van der Waals surface area contributed by atoms with Gasteiger partial charge >= 0.3 is 0 Å². The van der Waals surface area contributed by atoms with E-state index in [1.54, 1.807) is 0 Å². The van der Waals surface area contributed by atoms with E-state index in [-0.39, 0.29) is 11.0 Å². The maximum atomic E-state index is 12.5. The van der Waals surface area contributed by atoms with E-state index in [0.717, 1.165) is 28.7 Å². The Balaban J connectivity index is 1.74. The monoisotopic (exact) mass is 315 g/mol. The topological polar surface area (TPSA) is 47.8 Å². The molecule has 0 N–H and O–H groups in total. The zero-order chi connectivity index (χ0) is 15.7. The van der Waals surface area contributed by atoms with E-state index in [9.17, 15) is 4.79 Å². The lowest BCUT2D eigenvalue weighted by atomic mass is 10.1. The molecule has 0 aliphatic heterocycles. The molecule has 1 aliphatic carbocycles. The molecular formula is C17H21N3OS. The molecule has 0 amide bonds. The summed E-state index contributed by atoms with van der Waals surface area (Å²) < 4.78 is 2.15. The third-order valence-electron chi connectivity index (χ3n) is 3.99. The van der Waals surface area contributed by atoms with Gasteiger partial charge in [-0.25, -0.2) is 0 Å². The summed E-state index contributed by atoms with van der Waals surface area (Å²) in [5, 5.41) is 9.32. The predicted octanol–water partition coefficient (Wildman–Crippen LogP) is 3.85. The first kappa shape index (κ1) is 15.3. The van der Waals surface area contributed by atoms with Crippen LogP contribution in [0.3, 0.4) is 0 Å². The summed E-state index contributed by atoms with van der Waals surface area (Å²) >= 11 is 1.51. The Morgan fingerprint density at radius 2 is 2.00 bits per heavy atom. The first-order valence-corrected chi connectivity index (χ1v) is 8.68. The van der Waals surface area contributed by atoms with Gasteiger partial charge in [-0.2, -0.15) is 0 Å². The van der Waals surface area contributed by atoms with Crippen molar-refractivity contribution in [1.29, 1.82) is 0 Å². The molecule has 1 heterocycles. The van der Waals surface area contributed by atoms with Crippen molar-refractivity contribution >= 4 is 17.5 Å². The summed E-state index contributed by atoms with van der Waals surface area (Å²) in [5.41, 5.74) is 1.92. The van der Waals surface area contributed by atoms with Crippen molar-refractivity contribution in [2.24, 2.45) is 0 Å². The van der Waals surface area contributed by atoms with Gasteiger partial charge < -0.3 is 4.57 Å². The number of hydrogen-bond donors (Lipinski definition) is 0. The molecular weight excluding hydrogens is 294 g/mol. The number of rotatable bonds is 6. The van der Waals surface area contributed by atoms with Crippen LogP contribution in [0.1, 0.15) is 54.4 Å². The molecule has 1 saturated carbocycles. The molecule has 1 unspecified atom stereocenters. The van der Waals surface area contributed by atoms with Crippen molar-refractivity contribution in [3.8, 4) is 0 Å². The fourth-order valence-electron chi connectivity index (χ4n) is 2.49. The zero-order valence-electron chi connectivity index (χ0n) is 13.2. The van der Waals surface area contributed by atoms with Gasteiger partial charge in [0.1, 0.15) is 5.82 Å². The lowest BCUT2D eigenvalue weighted by Crippen LogP contribution is -2.15. The number of aryl methyl sites for hydroxylation is 1. The lowest BCUT2D eigenvalue weighted by Gasteiger charge is -2.11. The van der Waals surface area contributed by atoms with E-state index >= 15 is 0 Å². The Hall–Kier alpha value is -1.62. The second-order valence-corrected chi connectivity index (χ2v) is 7.16. The summed E-state index contributed by atoms with van der Waals surface area (Å²) in [7, 11) is 0. The van der Waals surface area contributed by atoms with Gasteiger partial charge in [0.05, 0.1) is 5.25 Å². The van der Waals surface area contributed by atoms with Crippen LogP contribution < -0.4 is 0 Å². The second kappa shape index (κ2) is 6.24. The van der Waals surface area contributed by atoms with Crippen molar-refractivity contribution in [3.05, 3.63) is 41.2 Å². The van der Waals surface area contributed by atoms with E-state index in [1.165, 1.54) is 24.6 Å². The van der Waals surface area contributed by atoms with Gasteiger partial charge in [0, 0.05) is 18.0 Å². The normalized spacial score (nSPS) is 15.8. The summed E-state index contributed by atoms with van der Waals surface area (Å²) in [6, 6.07) is 7.75. The van der Waals surface area contributed by atoms with Crippen molar-refractivity contribution in [1.82, 2.24) is 14.8 Å². The van der Waals surface area contributed by atoms with Gasteiger partial charge in [-0.15, -0.1) is 10.2 Å². The molecule has 1 aromatic carbocycles. The van der Waals surface area contributed by atoms with Crippen molar-refractivity contribution < 1.29 is 4.79 Å². The zero-order valence-corrected chi connectivity index (χ0v) is 14.1. The van der Waals surface area contributed by atoms with E-state index in [1.807, 2.05) is 38.1 Å². The number of aromatic nitrogens is 3. The van der Waals surface area contributed by atoms with E-state index < -0.39 is 0 Å². The van der Waals surface area contributed by atoms with Gasteiger partial charge in [-0.3, -0.25) is 4.79 Å². The lowest BCUT2D eigenvalue weighted by molar-refractivity contribution is 0.0994. The highest BCUT2D eigenvalue weighted by Crippen LogP contribution is 2.40. The van der Waals surface area contributed by atoms with Gasteiger partial charge in [-0.05, 0) is 33.6 Å². The molecule has 0 spiro atoms. The molecule has 1 atom stereocenters. The van der Waals surface area contributed by atoms with Gasteiger partial charge in [0.25, 0.3) is 0 Å². The molecule has 22 heavy (non-hydrogen) atoms. The first-order chi connectivity index (χ1) is 10.6. The Kier molecular flexibility index (Phi) is 4.34. The molecule has 2 aromatic rings. The summed E-state index contributed by atoms with van der Waals surface area (Å²) in [6.45, 7) is 6.92. The number of Topliss-reactive ketones (excluding diaryl/α,β-unsaturated/α-hetero) is 1. The first-order valence-electron chi connectivity index (χ1n) is 7.80. The van der Waals surface area contributed by atoms with Crippen LogP contribution in [-0.2, 0) is 6.54 Å². The molecule has 4 nitrogen and oxygen atoms in total. The van der Waals surface area contributed by atoms with Crippen LogP contribution in [0.4, 0.5) is 0 Å². The Morgan fingerprint density at radius 3 is 2.59 bits per heavy atom. The average Bonchev–Trinajstić information content (AvgIpc) is 3.29. The van der Waals surface area contributed by atoms with Crippen LogP contribution in [-0.4, -0.2) is 25.8 Å². The SMILES string of the molecule is CCn1c(SC(C)C(=O)c2ccc(C)cc2)nnc1C1CC1. The standard InChI is InChI=1S/C17H21N3OS/c1-4-20-16(14-9-10-14)18-19-17(20)22-12(3)15(21)13-7-5-11(2)6-8-13/h5-8,12,14H,4,9-10H2,1-3H3. The number of nitrogens with zero attached hydrogens (tertiary/aromatic N) is 3. The van der Waals surface area contributed by atoms with Gasteiger partial charge in [-0.1, -0.05) is 41.6 Å². The maximum absolute atomic E-state index is 12.5. The number of thioether (sulfide) groups is 1. The molecule has 1 aliphatic rings. The Morgan fingerprint density at radius 1 is 1.32 bits per heavy atom. The van der Waals surface area contributed by atoms with E-state index in [2.05, 4.69) is 21.7 Å².